The maximum Gasteiger partial charge on any atom is 0.00472 e. The first kappa shape index (κ1) is 10.4. The summed E-state index contributed by atoms with van der Waals surface area (Å²) in [7, 11) is 0. The standard InChI is InChI=1S/C11H22S/c1-11(2,3)9-12-10-7-5-4-6-8-10/h10H,4-9H2,1-3H3. The fraction of sp³-hybridized carbons (Fsp3) is 1.00. The average molecular weight is 186 g/mol. The third-order valence-electron chi connectivity index (χ3n) is 2.30. The highest BCUT2D eigenvalue weighted by molar-refractivity contribution is 7.99. The minimum atomic E-state index is 0.516. The lowest BCUT2D eigenvalue weighted by Crippen LogP contribution is -2.15. The predicted molar refractivity (Wildman–Crippen MR) is 58.8 cm³/mol. The van der Waals surface area contributed by atoms with Gasteiger partial charge in [-0.25, -0.2) is 0 Å². The van der Waals surface area contributed by atoms with E-state index >= 15 is 0 Å². The molecule has 0 radical (unpaired) electrons. The molecule has 0 bridgehead atoms. The van der Waals surface area contributed by atoms with Gasteiger partial charge in [-0.1, -0.05) is 40.0 Å². The van der Waals surface area contributed by atoms with Crippen molar-refractivity contribution < 1.29 is 0 Å². The van der Waals surface area contributed by atoms with E-state index in [1.807, 2.05) is 0 Å². The van der Waals surface area contributed by atoms with E-state index in [2.05, 4.69) is 32.5 Å². The largest absolute Gasteiger partial charge is 0.158 e. The van der Waals surface area contributed by atoms with Crippen LogP contribution in [0.5, 0.6) is 0 Å². The highest BCUT2D eigenvalue weighted by Crippen LogP contribution is 2.32. The van der Waals surface area contributed by atoms with Gasteiger partial charge in [0.25, 0.3) is 0 Å². The Morgan fingerprint density at radius 1 is 1.08 bits per heavy atom. The van der Waals surface area contributed by atoms with Crippen LogP contribution in [0.3, 0.4) is 0 Å². The molecular weight excluding hydrogens is 164 g/mol. The predicted octanol–water partition coefficient (Wildman–Crippen LogP) is 4.10. The van der Waals surface area contributed by atoms with Crippen molar-refractivity contribution in [3.05, 3.63) is 0 Å². The van der Waals surface area contributed by atoms with Gasteiger partial charge in [0.15, 0.2) is 0 Å². The molecule has 0 nitrogen and oxygen atoms in total. The number of thioether (sulfide) groups is 1. The molecule has 0 aromatic heterocycles. The summed E-state index contributed by atoms with van der Waals surface area (Å²) in [5.74, 6) is 1.33. The Bertz CT molecular complexity index is 117. The molecule has 1 aliphatic carbocycles. The normalized spacial score (nSPS) is 21.2. The highest BCUT2D eigenvalue weighted by Gasteiger charge is 2.17. The molecule has 0 unspecified atom stereocenters. The van der Waals surface area contributed by atoms with E-state index in [-0.39, 0.29) is 0 Å². The summed E-state index contributed by atoms with van der Waals surface area (Å²) in [4.78, 5) is 0. The topological polar surface area (TPSA) is 0 Å². The second-order valence-corrected chi connectivity index (χ2v) is 6.42. The Morgan fingerprint density at radius 3 is 2.17 bits per heavy atom. The Hall–Kier alpha value is 0.350. The minimum Gasteiger partial charge on any atom is -0.158 e. The Morgan fingerprint density at radius 2 is 1.67 bits per heavy atom. The van der Waals surface area contributed by atoms with Crippen molar-refractivity contribution >= 4 is 11.8 Å². The average Bonchev–Trinajstić information content (AvgIpc) is 2.02. The van der Waals surface area contributed by atoms with Gasteiger partial charge in [0, 0.05) is 5.25 Å². The number of hydrogen-bond donors (Lipinski definition) is 0. The molecule has 1 rings (SSSR count). The van der Waals surface area contributed by atoms with Crippen LogP contribution in [-0.2, 0) is 0 Å². The molecule has 0 spiro atoms. The summed E-state index contributed by atoms with van der Waals surface area (Å²) in [5.41, 5.74) is 0.516. The molecule has 0 amide bonds. The third-order valence-corrected chi connectivity index (χ3v) is 4.28. The van der Waals surface area contributed by atoms with Crippen molar-refractivity contribution in [2.45, 2.75) is 58.1 Å². The smallest absolute Gasteiger partial charge is 0.00472 e. The van der Waals surface area contributed by atoms with Gasteiger partial charge in [0.05, 0.1) is 0 Å². The minimum absolute atomic E-state index is 0.516. The molecule has 0 aliphatic heterocycles. The van der Waals surface area contributed by atoms with E-state index in [1.165, 1.54) is 37.9 Å². The van der Waals surface area contributed by atoms with Crippen molar-refractivity contribution in [3.8, 4) is 0 Å². The van der Waals surface area contributed by atoms with Crippen molar-refractivity contribution in [1.82, 2.24) is 0 Å². The zero-order chi connectivity index (χ0) is 9.03. The van der Waals surface area contributed by atoms with Crippen LogP contribution >= 0.6 is 11.8 Å². The molecule has 0 aromatic rings. The molecule has 1 saturated carbocycles. The van der Waals surface area contributed by atoms with Gasteiger partial charge < -0.3 is 0 Å². The number of hydrogen-bond acceptors (Lipinski definition) is 1. The maximum atomic E-state index is 2.34. The van der Waals surface area contributed by atoms with E-state index in [4.69, 9.17) is 0 Å². The maximum absolute atomic E-state index is 2.34. The van der Waals surface area contributed by atoms with Crippen LogP contribution in [0.1, 0.15) is 52.9 Å². The molecule has 0 N–H and O–H groups in total. The molecular formula is C11H22S. The van der Waals surface area contributed by atoms with Crippen molar-refractivity contribution in [1.29, 1.82) is 0 Å². The molecule has 1 fully saturated rings. The van der Waals surface area contributed by atoms with Gasteiger partial charge in [0.1, 0.15) is 0 Å². The zero-order valence-corrected chi connectivity index (χ0v) is 9.54. The summed E-state index contributed by atoms with van der Waals surface area (Å²) in [6, 6.07) is 0. The second kappa shape index (κ2) is 4.55. The fourth-order valence-electron chi connectivity index (χ4n) is 1.60. The van der Waals surface area contributed by atoms with Crippen molar-refractivity contribution in [2.24, 2.45) is 5.41 Å². The summed E-state index contributed by atoms with van der Waals surface area (Å²) >= 11 is 2.20. The van der Waals surface area contributed by atoms with Gasteiger partial charge in [0.2, 0.25) is 0 Å². The van der Waals surface area contributed by atoms with E-state index in [0.717, 1.165) is 5.25 Å². The van der Waals surface area contributed by atoms with Crippen LogP contribution in [0.15, 0.2) is 0 Å². The summed E-state index contributed by atoms with van der Waals surface area (Å²) in [6.45, 7) is 7.01. The molecule has 1 aliphatic rings. The molecule has 0 saturated heterocycles. The van der Waals surface area contributed by atoms with Crippen molar-refractivity contribution in [2.75, 3.05) is 5.75 Å². The van der Waals surface area contributed by atoms with E-state index < -0.39 is 0 Å². The highest BCUT2D eigenvalue weighted by atomic mass is 32.2. The first-order valence-corrected chi connectivity index (χ1v) is 6.24. The van der Waals surface area contributed by atoms with Crippen LogP contribution in [0.2, 0.25) is 0 Å². The van der Waals surface area contributed by atoms with Crippen LogP contribution in [-0.4, -0.2) is 11.0 Å². The lowest BCUT2D eigenvalue weighted by molar-refractivity contribution is 0.473. The summed E-state index contributed by atoms with van der Waals surface area (Å²) in [6.07, 6.45) is 7.37. The van der Waals surface area contributed by atoms with Gasteiger partial charge in [-0.2, -0.15) is 11.8 Å². The summed E-state index contributed by atoms with van der Waals surface area (Å²) in [5, 5.41) is 0.984. The van der Waals surface area contributed by atoms with E-state index in [9.17, 15) is 0 Å². The van der Waals surface area contributed by atoms with Crippen LogP contribution in [0.4, 0.5) is 0 Å². The molecule has 1 heteroatoms. The van der Waals surface area contributed by atoms with Gasteiger partial charge in [-0.3, -0.25) is 0 Å². The number of rotatable bonds is 2. The Kier molecular flexibility index (Phi) is 3.95. The first-order chi connectivity index (χ1) is 5.58. The molecule has 0 heterocycles. The molecule has 12 heavy (non-hydrogen) atoms. The molecule has 0 atom stereocenters. The first-order valence-electron chi connectivity index (χ1n) is 5.19. The lowest BCUT2D eigenvalue weighted by Gasteiger charge is -2.25. The lowest BCUT2D eigenvalue weighted by atomic mass is 10.00. The van der Waals surface area contributed by atoms with Crippen LogP contribution < -0.4 is 0 Å². The fourth-order valence-corrected chi connectivity index (χ4v) is 3.00. The SMILES string of the molecule is CC(C)(C)CSC1CCCCC1. The van der Waals surface area contributed by atoms with Gasteiger partial charge in [-0.05, 0) is 24.0 Å². The molecule has 0 aromatic carbocycles. The van der Waals surface area contributed by atoms with Crippen molar-refractivity contribution in [3.63, 3.8) is 0 Å². The van der Waals surface area contributed by atoms with Gasteiger partial charge >= 0.3 is 0 Å². The third kappa shape index (κ3) is 4.39. The monoisotopic (exact) mass is 186 g/mol. The second-order valence-electron chi connectivity index (χ2n) is 5.13. The zero-order valence-electron chi connectivity index (χ0n) is 8.73. The van der Waals surface area contributed by atoms with Gasteiger partial charge in [-0.15, -0.1) is 0 Å². The van der Waals surface area contributed by atoms with Crippen LogP contribution in [0, 0.1) is 5.41 Å². The Labute approximate surface area is 81.5 Å². The Balaban J connectivity index is 2.13. The quantitative estimate of drug-likeness (QED) is 0.625. The summed E-state index contributed by atoms with van der Waals surface area (Å²) < 4.78 is 0. The van der Waals surface area contributed by atoms with E-state index in [1.54, 1.807) is 0 Å². The van der Waals surface area contributed by atoms with Crippen LogP contribution in [0.25, 0.3) is 0 Å². The molecule has 72 valence electrons. The van der Waals surface area contributed by atoms with E-state index in [0.29, 0.717) is 5.41 Å².